The molecular weight excluding hydrogens is 338 g/mol. The van der Waals surface area contributed by atoms with Gasteiger partial charge in [-0.05, 0) is 60.1 Å². The SMILES string of the molecule is CC(C)c1ccccc1NS(=O)(=O)c1cc(C(=O)O)cc2c1CCC2. The molecule has 132 valence electrons. The van der Waals surface area contributed by atoms with Gasteiger partial charge in [-0.25, -0.2) is 13.2 Å². The fourth-order valence-electron chi connectivity index (χ4n) is 3.32. The standard InChI is InChI=1S/C19H21NO4S/c1-12(2)15-7-3-4-9-17(15)20-25(23,24)18-11-14(19(21)22)10-13-6-5-8-16(13)18/h3-4,7,9-12,20H,5-6,8H2,1-2H3,(H,21,22). The van der Waals surface area contributed by atoms with Crippen molar-refractivity contribution in [3.63, 3.8) is 0 Å². The first-order valence-electron chi connectivity index (χ1n) is 8.30. The summed E-state index contributed by atoms with van der Waals surface area (Å²) >= 11 is 0. The van der Waals surface area contributed by atoms with Crippen molar-refractivity contribution in [3.05, 3.63) is 58.7 Å². The number of hydrogen-bond donors (Lipinski definition) is 2. The number of benzene rings is 2. The van der Waals surface area contributed by atoms with Crippen molar-refractivity contribution in [3.8, 4) is 0 Å². The zero-order chi connectivity index (χ0) is 18.2. The van der Waals surface area contributed by atoms with Crippen LogP contribution in [0.1, 0.15) is 53.2 Å². The summed E-state index contributed by atoms with van der Waals surface area (Å²) in [5, 5.41) is 9.30. The van der Waals surface area contributed by atoms with E-state index in [4.69, 9.17) is 0 Å². The highest BCUT2D eigenvalue weighted by molar-refractivity contribution is 7.92. The van der Waals surface area contributed by atoms with Crippen LogP contribution in [0.15, 0.2) is 41.3 Å². The largest absolute Gasteiger partial charge is 0.478 e. The smallest absolute Gasteiger partial charge is 0.335 e. The van der Waals surface area contributed by atoms with Gasteiger partial charge in [0.2, 0.25) is 0 Å². The number of nitrogens with one attached hydrogen (secondary N) is 1. The quantitative estimate of drug-likeness (QED) is 0.850. The van der Waals surface area contributed by atoms with E-state index in [9.17, 15) is 18.3 Å². The molecule has 0 saturated heterocycles. The lowest BCUT2D eigenvalue weighted by atomic mass is 10.0. The minimum absolute atomic E-state index is 0.0122. The highest BCUT2D eigenvalue weighted by Crippen LogP contribution is 2.32. The first-order chi connectivity index (χ1) is 11.8. The van der Waals surface area contributed by atoms with Crippen molar-refractivity contribution < 1.29 is 18.3 Å². The third-order valence-corrected chi connectivity index (χ3v) is 5.97. The molecule has 6 heteroatoms. The number of fused-ring (bicyclic) bond motifs is 1. The first-order valence-corrected chi connectivity index (χ1v) is 9.79. The van der Waals surface area contributed by atoms with E-state index in [-0.39, 0.29) is 16.4 Å². The molecule has 0 fully saturated rings. The van der Waals surface area contributed by atoms with Crippen molar-refractivity contribution in [1.29, 1.82) is 0 Å². The van der Waals surface area contributed by atoms with Crippen LogP contribution in [0.4, 0.5) is 5.69 Å². The Morgan fingerprint density at radius 2 is 1.88 bits per heavy atom. The molecular formula is C19H21NO4S. The number of sulfonamides is 1. The van der Waals surface area contributed by atoms with Gasteiger partial charge >= 0.3 is 5.97 Å². The Morgan fingerprint density at radius 3 is 2.56 bits per heavy atom. The first kappa shape index (κ1) is 17.5. The molecule has 1 aliphatic rings. The minimum Gasteiger partial charge on any atom is -0.478 e. The van der Waals surface area contributed by atoms with Crippen molar-refractivity contribution >= 4 is 21.7 Å². The molecule has 5 nitrogen and oxygen atoms in total. The Hall–Kier alpha value is -2.34. The van der Waals surface area contributed by atoms with Gasteiger partial charge in [0, 0.05) is 0 Å². The second-order valence-corrected chi connectivity index (χ2v) is 8.27. The maximum absolute atomic E-state index is 13.0. The summed E-state index contributed by atoms with van der Waals surface area (Å²) in [6, 6.07) is 10.1. The predicted octanol–water partition coefficient (Wildman–Crippen LogP) is 3.80. The van der Waals surface area contributed by atoms with Crippen LogP contribution in [0.2, 0.25) is 0 Å². The van der Waals surface area contributed by atoms with Crippen LogP contribution in [-0.4, -0.2) is 19.5 Å². The summed E-state index contributed by atoms with van der Waals surface area (Å²) in [7, 11) is -3.86. The summed E-state index contributed by atoms with van der Waals surface area (Å²) in [6.45, 7) is 3.99. The molecule has 0 aliphatic heterocycles. The van der Waals surface area contributed by atoms with Gasteiger partial charge in [-0.15, -0.1) is 0 Å². The molecule has 2 N–H and O–H groups in total. The molecule has 0 spiro atoms. The zero-order valence-corrected chi connectivity index (χ0v) is 15.1. The normalized spacial score (nSPS) is 13.7. The highest BCUT2D eigenvalue weighted by Gasteiger charge is 2.27. The number of aromatic carboxylic acids is 1. The molecule has 2 aromatic rings. The summed E-state index contributed by atoms with van der Waals surface area (Å²) < 4.78 is 28.7. The predicted molar refractivity (Wildman–Crippen MR) is 96.8 cm³/mol. The third kappa shape index (κ3) is 3.39. The second kappa shape index (κ2) is 6.52. The number of carboxylic acid groups (broad SMARTS) is 1. The van der Waals surface area contributed by atoms with Gasteiger partial charge in [0.15, 0.2) is 0 Å². The molecule has 25 heavy (non-hydrogen) atoms. The van der Waals surface area contributed by atoms with Crippen molar-refractivity contribution in [2.45, 2.75) is 43.9 Å². The van der Waals surface area contributed by atoms with E-state index < -0.39 is 16.0 Å². The van der Waals surface area contributed by atoms with Crippen LogP contribution in [0.25, 0.3) is 0 Å². The Balaban J connectivity index is 2.09. The van der Waals surface area contributed by atoms with Crippen molar-refractivity contribution in [2.75, 3.05) is 4.72 Å². The number of carboxylic acids is 1. The summed E-state index contributed by atoms with van der Waals surface area (Å²) in [5.41, 5.74) is 3.00. The lowest BCUT2D eigenvalue weighted by molar-refractivity contribution is 0.0696. The molecule has 0 amide bonds. The number of anilines is 1. The van der Waals surface area contributed by atoms with E-state index in [1.165, 1.54) is 6.07 Å². The molecule has 0 radical (unpaired) electrons. The topological polar surface area (TPSA) is 83.5 Å². The fourth-order valence-corrected chi connectivity index (χ4v) is 4.75. The molecule has 0 heterocycles. The fraction of sp³-hybridized carbons (Fsp3) is 0.316. The summed E-state index contributed by atoms with van der Waals surface area (Å²) in [6.07, 6.45) is 2.20. The number of rotatable bonds is 5. The van der Waals surface area contributed by atoms with Gasteiger partial charge in [-0.3, -0.25) is 4.72 Å². The second-order valence-electron chi connectivity index (χ2n) is 6.62. The molecule has 0 unspecified atom stereocenters. The lowest BCUT2D eigenvalue weighted by Gasteiger charge is -2.17. The van der Waals surface area contributed by atoms with Gasteiger partial charge in [-0.2, -0.15) is 0 Å². The van der Waals surface area contributed by atoms with Crippen LogP contribution >= 0.6 is 0 Å². The van der Waals surface area contributed by atoms with Crippen LogP contribution in [0, 0.1) is 0 Å². The van der Waals surface area contributed by atoms with E-state index in [1.54, 1.807) is 18.2 Å². The molecule has 0 aromatic heterocycles. The molecule has 2 aromatic carbocycles. The average molecular weight is 359 g/mol. The van der Waals surface area contributed by atoms with Gasteiger partial charge in [0.05, 0.1) is 16.1 Å². The van der Waals surface area contributed by atoms with Gasteiger partial charge in [0.25, 0.3) is 10.0 Å². The monoisotopic (exact) mass is 359 g/mol. The van der Waals surface area contributed by atoms with E-state index in [0.717, 1.165) is 23.1 Å². The maximum Gasteiger partial charge on any atom is 0.335 e. The Kier molecular flexibility index (Phi) is 4.56. The number of hydrogen-bond acceptors (Lipinski definition) is 3. The van der Waals surface area contributed by atoms with Crippen molar-refractivity contribution in [2.24, 2.45) is 0 Å². The number of carbonyl (C=O) groups is 1. The van der Waals surface area contributed by atoms with E-state index in [1.807, 2.05) is 26.0 Å². The van der Waals surface area contributed by atoms with E-state index in [0.29, 0.717) is 18.5 Å². The van der Waals surface area contributed by atoms with Crippen LogP contribution in [-0.2, 0) is 22.9 Å². The number of aryl methyl sites for hydroxylation is 1. The number of para-hydroxylation sites is 1. The Labute approximate surface area is 147 Å². The highest BCUT2D eigenvalue weighted by atomic mass is 32.2. The van der Waals surface area contributed by atoms with Crippen molar-refractivity contribution in [1.82, 2.24) is 0 Å². The molecule has 0 saturated carbocycles. The van der Waals surface area contributed by atoms with E-state index >= 15 is 0 Å². The van der Waals surface area contributed by atoms with Crippen LogP contribution in [0.3, 0.4) is 0 Å². The molecule has 1 aliphatic carbocycles. The maximum atomic E-state index is 13.0. The van der Waals surface area contributed by atoms with E-state index in [2.05, 4.69) is 4.72 Å². The molecule has 0 bridgehead atoms. The van der Waals surface area contributed by atoms with Crippen LogP contribution < -0.4 is 4.72 Å². The van der Waals surface area contributed by atoms with Gasteiger partial charge in [-0.1, -0.05) is 32.0 Å². The lowest BCUT2D eigenvalue weighted by Crippen LogP contribution is -2.17. The Bertz CT molecular complexity index is 932. The van der Waals surface area contributed by atoms with Gasteiger partial charge < -0.3 is 5.11 Å². The third-order valence-electron chi connectivity index (χ3n) is 4.54. The average Bonchev–Trinajstić information content (AvgIpc) is 3.02. The van der Waals surface area contributed by atoms with Crippen LogP contribution in [0.5, 0.6) is 0 Å². The zero-order valence-electron chi connectivity index (χ0n) is 14.2. The molecule has 3 rings (SSSR count). The minimum atomic E-state index is -3.86. The summed E-state index contributed by atoms with van der Waals surface area (Å²) in [5.74, 6) is -0.955. The summed E-state index contributed by atoms with van der Waals surface area (Å²) in [4.78, 5) is 11.4. The van der Waals surface area contributed by atoms with Gasteiger partial charge in [0.1, 0.15) is 0 Å². The molecule has 0 atom stereocenters. The Morgan fingerprint density at radius 1 is 1.16 bits per heavy atom.